The van der Waals surface area contributed by atoms with Crippen LogP contribution in [-0.4, -0.2) is 34.0 Å². The number of carbonyl (C=O) groups is 1. The first kappa shape index (κ1) is 19.0. The molecule has 0 saturated heterocycles. The highest BCUT2D eigenvalue weighted by Crippen LogP contribution is 2.23. The zero-order valence-electron chi connectivity index (χ0n) is 13.0. The number of para-hydroxylation sites is 2. The third kappa shape index (κ3) is 5.61. The Morgan fingerprint density at radius 3 is 2.67 bits per heavy atom. The molecule has 24 heavy (non-hydrogen) atoms. The Kier molecular flexibility index (Phi) is 7.23. The van der Waals surface area contributed by atoms with Gasteiger partial charge in [0, 0.05) is 6.07 Å². The predicted octanol–water partition coefficient (Wildman–Crippen LogP) is 1.13. The highest BCUT2D eigenvalue weighted by molar-refractivity contribution is 7.80. The fraction of sp³-hybridized carbons (Fsp3) is 0.231. The van der Waals surface area contributed by atoms with Gasteiger partial charge >= 0.3 is 5.97 Å². The summed E-state index contributed by atoms with van der Waals surface area (Å²) >= 11 is 4.62. The van der Waals surface area contributed by atoms with E-state index in [1.165, 1.54) is 25.1 Å². The summed E-state index contributed by atoms with van der Waals surface area (Å²) in [7, 11) is 0. The molecular weight excluding hydrogens is 336 g/mol. The molecule has 0 aromatic heterocycles. The Morgan fingerprint density at radius 1 is 1.42 bits per heavy atom. The number of nitro groups is 1. The van der Waals surface area contributed by atoms with Crippen molar-refractivity contribution in [3.63, 3.8) is 0 Å². The zero-order chi connectivity index (χ0) is 18.1. The number of nitrogens with zero attached hydrogens (tertiary/aromatic N) is 3. The van der Waals surface area contributed by atoms with Gasteiger partial charge in [-0.3, -0.25) is 21.0 Å². The van der Waals surface area contributed by atoms with E-state index in [9.17, 15) is 14.9 Å². The van der Waals surface area contributed by atoms with Crippen LogP contribution in [0.2, 0.25) is 0 Å². The molecule has 0 aliphatic carbocycles. The molecule has 0 unspecified atom stereocenters. The van der Waals surface area contributed by atoms with Crippen molar-refractivity contribution >= 4 is 46.1 Å². The molecular formula is C13H16N6O4S. The number of thiocarbonyl (C=S) groups is 1. The molecule has 0 atom stereocenters. The molecule has 0 heterocycles. The van der Waals surface area contributed by atoms with Crippen molar-refractivity contribution in [3.05, 3.63) is 34.4 Å². The highest BCUT2D eigenvalue weighted by Gasteiger charge is 2.18. The number of nitro benzene ring substituents is 1. The largest absolute Gasteiger partial charge is 0.461 e. The lowest BCUT2D eigenvalue weighted by Crippen LogP contribution is -2.30. The Bertz CT molecular complexity index is 703. The van der Waals surface area contributed by atoms with E-state index in [1.54, 1.807) is 13.0 Å². The lowest BCUT2D eigenvalue weighted by Gasteiger charge is -2.07. The van der Waals surface area contributed by atoms with Gasteiger partial charge in [-0.05, 0) is 32.1 Å². The predicted molar refractivity (Wildman–Crippen MR) is 93.8 cm³/mol. The average molecular weight is 352 g/mol. The monoisotopic (exact) mass is 352 g/mol. The quantitative estimate of drug-likeness (QED) is 0.218. The van der Waals surface area contributed by atoms with Gasteiger partial charge in [-0.15, -0.1) is 0 Å². The summed E-state index contributed by atoms with van der Waals surface area (Å²) in [6, 6.07) is 5.85. The van der Waals surface area contributed by atoms with E-state index in [1.807, 2.05) is 0 Å². The van der Waals surface area contributed by atoms with Crippen molar-refractivity contribution in [2.24, 2.45) is 15.9 Å². The lowest BCUT2D eigenvalue weighted by molar-refractivity contribution is -0.384. The number of anilines is 1. The van der Waals surface area contributed by atoms with Gasteiger partial charge in [0.05, 0.1) is 17.2 Å². The Morgan fingerprint density at radius 2 is 2.08 bits per heavy atom. The minimum atomic E-state index is -0.755. The van der Waals surface area contributed by atoms with Crippen LogP contribution in [0.15, 0.2) is 34.5 Å². The van der Waals surface area contributed by atoms with Crippen LogP contribution in [0.1, 0.15) is 13.8 Å². The topological polar surface area (TPSA) is 144 Å². The van der Waals surface area contributed by atoms with Crippen molar-refractivity contribution < 1.29 is 14.5 Å². The first-order chi connectivity index (χ1) is 11.4. The van der Waals surface area contributed by atoms with E-state index < -0.39 is 10.9 Å². The van der Waals surface area contributed by atoms with Gasteiger partial charge in [0.25, 0.3) is 5.69 Å². The summed E-state index contributed by atoms with van der Waals surface area (Å²) in [5, 5.41) is 18.5. The fourth-order valence-electron chi connectivity index (χ4n) is 1.51. The Labute approximate surface area is 142 Å². The van der Waals surface area contributed by atoms with Crippen molar-refractivity contribution in [3.8, 4) is 0 Å². The molecule has 1 aromatic carbocycles. The summed E-state index contributed by atoms with van der Waals surface area (Å²) in [4.78, 5) is 22.4. The van der Waals surface area contributed by atoms with Crippen molar-refractivity contribution in [2.45, 2.75) is 13.8 Å². The van der Waals surface area contributed by atoms with E-state index in [4.69, 9.17) is 10.5 Å². The van der Waals surface area contributed by atoms with Gasteiger partial charge in [-0.1, -0.05) is 12.1 Å². The van der Waals surface area contributed by atoms with E-state index in [2.05, 4.69) is 33.3 Å². The maximum absolute atomic E-state index is 12.0. The number of nitrogens with one attached hydrogen (secondary N) is 2. The molecule has 0 spiro atoms. The number of hydrogen-bond acceptors (Lipinski definition) is 8. The van der Waals surface area contributed by atoms with E-state index in [0.29, 0.717) is 0 Å². The maximum Gasteiger partial charge on any atom is 0.360 e. The summed E-state index contributed by atoms with van der Waals surface area (Å²) in [5.74, 6) is -0.755. The summed E-state index contributed by atoms with van der Waals surface area (Å²) in [6.07, 6.45) is 0. The third-order valence-electron chi connectivity index (χ3n) is 2.53. The van der Waals surface area contributed by atoms with Gasteiger partial charge in [-0.2, -0.15) is 10.2 Å². The van der Waals surface area contributed by atoms with Crippen molar-refractivity contribution in [1.82, 2.24) is 5.43 Å². The van der Waals surface area contributed by atoms with Gasteiger partial charge in [-0.25, -0.2) is 4.79 Å². The normalized spacial score (nSPS) is 11.6. The molecule has 0 bridgehead atoms. The number of carbonyl (C=O) groups excluding carboxylic acids is 1. The van der Waals surface area contributed by atoms with Gasteiger partial charge in [0.2, 0.25) is 0 Å². The number of hydrazone groups is 2. The van der Waals surface area contributed by atoms with Gasteiger partial charge in [0.1, 0.15) is 5.69 Å². The molecule has 0 radical (unpaired) electrons. The maximum atomic E-state index is 12.0. The number of nitrogens with two attached hydrogens (primary N) is 1. The Hall–Kier alpha value is -3.08. The van der Waals surface area contributed by atoms with Crippen LogP contribution in [-0.2, 0) is 9.53 Å². The van der Waals surface area contributed by atoms with Gasteiger partial charge < -0.3 is 10.5 Å². The third-order valence-corrected chi connectivity index (χ3v) is 2.63. The number of esters is 1. The Balaban J connectivity index is 3.13. The van der Waals surface area contributed by atoms with Crippen LogP contribution in [0.4, 0.5) is 11.4 Å². The number of rotatable bonds is 7. The summed E-state index contributed by atoms with van der Waals surface area (Å²) in [5.41, 5.74) is 9.93. The molecule has 4 N–H and O–H groups in total. The smallest absolute Gasteiger partial charge is 0.360 e. The molecule has 0 aliphatic heterocycles. The molecule has 0 amide bonds. The van der Waals surface area contributed by atoms with Crippen LogP contribution >= 0.6 is 12.2 Å². The molecule has 0 aliphatic rings. The second-order valence-electron chi connectivity index (χ2n) is 4.24. The molecule has 1 aromatic rings. The summed E-state index contributed by atoms with van der Waals surface area (Å²) in [6.45, 7) is 3.23. The number of ether oxygens (including phenoxy) is 1. The van der Waals surface area contributed by atoms with Crippen LogP contribution in [0.3, 0.4) is 0 Å². The SMILES string of the molecule is CCOC(=O)C(=N\Nc1ccccc1[N+](=O)[O-])/C(C)=N\NC(N)=S. The average Bonchev–Trinajstić information content (AvgIpc) is 2.53. The van der Waals surface area contributed by atoms with Crippen LogP contribution < -0.4 is 16.6 Å². The molecule has 128 valence electrons. The first-order valence-electron chi connectivity index (χ1n) is 6.71. The van der Waals surface area contributed by atoms with Crippen molar-refractivity contribution in [2.75, 3.05) is 12.0 Å². The van der Waals surface area contributed by atoms with Crippen LogP contribution in [0, 0.1) is 10.1 Å². The van der Waals surface area contributed by atoms with Gasteiger partial charge in [0.15, 0.2) is 10.8 Å². The number of hydrogen-bond donors (Lipinski definition) is 3. The highest BCUT2D eigenvalue weighted by atomic mass is 32.1. The summed E-state index contributed by atoms with van der Waals surface area (Å²) < 4.78 is 4.88. The van der Waals surface area contributed by atoms with E-state index in [0.717, 1.165) is 0 Å². The zero-order valence-corrected chi connectivity index (χ0v) is 13.8. The second kappa shape index (κ2) is 9.15. The van der Waals surface area contributed by atoms with Crippen molar-refractivity contribution in [1.29, 1.82) is 0 Å². The lowest BCUT2D eigenvalue weighted by atomic mass is 10.2. The minimum Gasteiger partial charge on any atom is -0.461 e. The molecule has 11 heteroatoms. The fourth-order valence-corrected chi connectivity index (χ4v) is 1.55. The second-order valence-corrected chi connectivity index (χ2v) is 4.68. The van der Waals surface area contributed by atoms with Crippen LogP contribution in [0.5, 0.6) is 0 Å². The minimum absolute atomic E-state index is 0.0933. The standard InChI is InChI=1S/C13H16N6O4S/c1-3-23-12(20)11(8(2)15-18-13(14)24)17-16-9-6-4-5-7-10(9)19(21)22/h4-7,16H,3H2,1-2H3,(H3,14,18,24)/b15-8-,17-11-. The number of benzene rings is 1. The molecule has 0 fully saturated rings. The molecule has 10 nitrogen and oxygen atoms in total. The molecule has 1 rings (SSSR count). The van der Waals surface area contributed by atoms with Crippen LogP contribution in [0.25, 0.3) is 0 Å². The first-order valence-corrected chi connectivity index (χ1v) is 7.12. The van der Waals surface area contributed by atoms with E-state index >= 15 is 0 Å². The van der Waals surface area contributed by atoms with E-state index in [-0.39, 0.29) is 34.5 Å². The molecule has 0 saturated carbocycles.